The average molecular weight is 403 g/mol. The molecular weight excluding hydrogens is 383 g/mol. The zero-order valence-corrected chi connectivity index (χ0v) is 15.8. The molecule has 7 nitrogen and oxygen atoms in total. The Morgan fingerprint density at radius 2 is 1.76 bits per heavy atom. The summed E-state index contributed by atoms with van der Waals surface area (Å²) >= 11 is 0. The second-order valence-electron chi connectivity index (χ2n) is 6.86. The Morgan fingerprint density at radius 1 is 1.03 bits per heavy atom. The molecule has 3 aromatic rings. The maximum Gasteiger partial charge on any atom is 0.421 e. The van der Waals surface area contributed by atoms with Crippen LogP contribution in [0.3, 0.4) is 0 Å². The monoisotopic (exact) mass is 403 g/mol. The maximum atomic E-state index is 13.3. The van der Waals surface area contributed by atoms with Crippen LogP contribution in [0.15, 0.2) is 49.2 Å². The average Bonchev–Trinajstić information content (AvgIpc) is 3.23. The highest BCUT2D eigenvalue weighted by Gasteiger charge is 2.35. The van der Waals surface area contributed by atoms with Crippen LogP contribution < -0.4 is 10.2 Å². The summed E-state index contributed by atoms with van der Waals surface area (Å²) in [6.07, 6.45) is 0.288. The highest BCUT2D eigenvalue weighted by molar-refractivity contribution is 5.60. The topological polar surface area (TPSA) is 62.1 Å². The van der Waals surface area contributed by atoms with Gasteiger partial charge in [0.2, 0.25) is 5.95 Å². The molecule has 152 valence electrons. The number of hydrogen-bond acceptors (Lipinski definition) is 6. The quantitative estimate of drug-likeness (QED) is 0.722. The second-order valence-corrected chi connectivity index (χ2v) is 6.86. The lowest BCUT2D eigenvalue weighted by Gasteiger charge is -2.34. The van der Waals surface area contributed by atoms with Crippen LogP contribution in [-0.4, -0.2) is 57.6 Å². The number of anilines is 3. The summed E-state index contributed by atoms with van der Waals surface area (Å²) in [5, 5.41) is 2.97. The van der Waals surface area contributed by atoms with Crippen LogP contribution in [-0.2, 0) is 6.18 Å². The summed E-state index contributed by atoms with van der Waals surface area (Å²) in [4.78, 5) is 16.3. The van der Waals surface area contributed by atoms with E-state index < -0.39 is 11.7 Å². The van der Waals surface area contributed by atoms with E-state index >= 15 is 0 Å². The van der Waals surface area contributed by atoms with E-state index in [2.05, 4.69) is 37.1 Å². The second kappa shape index (κ2) is 7.70. The van der Waals surface area contributed by atoms with Gasteiger partial charge in [-0.1, -0.05) is 0 Å². The fourth-order valence-electron chi connectivity index (χ4n) is 3.16. The fraction of sp³-hybridized carbons (Fsp3) is 0.316. The van der Waals surface area contributed by atoms with E-state index in [4.69, 9.17) is 0 Å². The first-order chi connectivity index (χ1) is 13.9. The van der Waals surface area contributed by atoms with Crippen molar-refractivity contribution in [3.8, 4) is 5.82 Å². The van der Waals surface area contributed by atoms with Crippen molar-refractivity contribution in [2.24, 2.45) is 0 Å². The van der Waals surface area contributed by atoms with Gasteiger partial charge in [0.15, 0.2) is 5.82 Å². The van der Waals surface area contributed by atoms with E-state index in [0.717, 1.165) is 38.1 Å². The molecule has 0 atom stereocenters. The van der Waals surface area contributed by atoms with E-state index in [1.165, 1.54) is 23.3 Å². The number of nitrogens with one attached hydrogen (secondary N) is 1. The first-order valence-corrected chi connectivity index (χ1v) is 9.13. The van der Waals surface area contributed by atoms with Gasteiger partial charge in [0.1, 0.15) is 11.9 Å². The summed E-state index contributed by atoms with van der Waals surface area (Å²) in [6, 6.07) is 7.69. The van der Waals surface area contributed by atoms with Crippen LogP contribution in [0.2, 0.25) is 0 Å². The van der Waals surface area contributed by atoms with Crippen LogP contribution in [0.1, 0.15) is 5.56 Å². The predicted molar refractivity (Wildman–Crippen MR) is 104 cm³/mol. The third-order valence-corrected chi connectivity index (χ3v) is 4.81. The molecule has 1 aliphatic rings. The highest BCUT2D eigenvalue weighted by atomic mass is 19.4. The Hall–Kier alpha value is -3.14. The van der Waals surface area contributed by atoms with Crippen LogP contribution in [0.25, 0.3) is 5.82 Å². The van der Waals surface area contributed by atoms with Gasteiger partial charge in [-0.3, -0.25) is 4.57 Å². The number of likely N-dealkylation sites (N-methyl/N-ethyl adjacent to an activating group) is 1. The summed E-state index contributed by atoms with van der Waals surface area (Å²) in [5.74, 6) is -0.199. The Morgan fingerprint density at radius 3 is 2.38 bits per heavy atom. The molecule has 0 bridgehead atoms. The van der Waals surface area contributed by atoms with Gasteiger partial charge in [-0.2, -0.15) is 18.2 Å². The third kappa shape index (κ3) is 4.32. The van der Waals surface area contributed by atoms with Gasteiger partial charge in [0, 0.05) is 56.1 Å². The molecule has 10 heteroatoms. The van der Waals surface area contributed by atoms with Crippen molar-refractivity contribution in [1.82, 2.24) is 24.4 Å². The number of benzene rings is 1. The van der Waals surface area contributed by atoms with E-state index in [9.17, 15) is 13.2 Å². The molecule has 0 spiro atoms. The van der Waals surface area contributed by atoms with Crippen molar-refractivity contribution in [1.29, 1.82) is 0 Å². The molecule has 0 unspecified atom stereocenters. The summed E-state index contributed by atoms with van der Waals surface area (Å²) in [7, 11) is 2.10. The number of imidazole rings is 1. The number of piperazine rings is 1. The summed E-state index contributed by atoms with van der Waals surface area (Å²) in [6.45, 7) is 3.94. The van der Waals surface area contributed by atoms with Crippen molar-refractivity contribution in [2.75, 3.05) is 43.4 Å². The van der Waals surface area contributed by atoms with Crippen molar-refractivity contribution >= 4 is 17.3 Å². The molecule has 0 radical (unpaired) electrons. The van der Waals surface area contributed by atoms with Gasteiger partial charge in [-0.05, 0) is 31.3 Å². The number of aromatic nitrogens is 4. The molecule has 3 heterocycles. The van der Waals surface area contributed by atoms with Gasteiger partial charge in [0.25, 0.3) is 0 Å². The van der Waals surface area contributed by atoms with Gasteiger partial charge in [-0.25, -0.2) is 9.97 Å². The molecule has 0 aliphatic carbocycles. The van der Waals surface area contributed by atoms with Gasteiger partial charge in [-0.15, -0.1) is 0 Å². The third-order valence-electron chi connectivity index (χ3n) is 4.81. The summed E-state index contributed by atoms with van der Waals surface area (Å²) in [5.41, 5.74) is 0.877. The van der Waals surface area contributed by atoms with Gasteiger partial charge < -0.3 is 15.1 Å². The molecule has 1 saturated heterocycles. The Kier molecular flexibility index (Phi) is 5.10. The van der Waals surface area contributed by atoms with Crippen LogP contribution in [0.4, 0.5) is 30.5 Å². The molecule has 0 amide bonds. The molecule has 2 aromatic heterocycles. The van der Waals surface area contributed by atoms with E-state index in [1.54, 1.807) is 0 Å². The van der Waals surface area contributed by atoms with Crippen LogP contribution in [0.5, 0.6) is 0 Å². The normalized spacial score (nSPS) is 15.5. The van der Waals surface area contributed by atoms with Gasteiger partial charge in [0.05, 0.1) is 0 Å². The molecule has 1 aliphatic heterocycles. The number of alkyl halides is 3. The molecule has 0 saturated carbocycles. The van der Waals surface area contributed by atoms with Crippen molar-refractivity contribution in [3.05, 3.63) is 54.7 Å². The number of hydrogen-bond donors (Lipinski definition) is 1. The summed E-state index contributed by atoms with van der Waals surface area (Å²) < 4.78 is 41.1. The number of nitrogens with zero attached hydrogens (tertiary/aromatic N) is 6. The molecular formula is C19H20F3N7. The minimum Gasteiger partial charge on any atom is -0.369 e. The van der Waals surface area contributed by atoms with Crippen LogP contribution in [0, 0.1) is 0 Å². The standard InChI is InChI=1S/C19H20F3N7/c1-27-8-10-28(11-9-27)15-4-2-14(3-5-15)25-18-24-12-16(19(20,21)22)17(26-18)29-7-6-23-13-29/h2-7,12-13H,8-11H2,1H3,(H,24,25,26). The van der Waals surface area contributed by atoms with Crippen molar-refractivity contribution in [2.45, 2.75) is 6.18 Å². The zero-order chi connectivity index (χ0) is 20.4. The van der Waals surface area contributed by atoms with E-state index in [-0.39, 0.29) is 11.8 Å². The minimum absolute atomic E-state index is 0.0778. The Labute approximate surface area is 165 Å². The molecule has 29 heavy (non-hydrogen) atoms. The zero-order valence-electron chi connectivity index (χ0n) is 15.8. The lowest BCUT2D eigenvalue weighted by Crippen LogP contribution is -2.44. The lowest BCUT2D eigenvalue weighted by atomic mass is 10.2. The largest absolute Gasteiger partial charge is 0.421 e. The molecule has 4 rings (SSSR count). The molecule has 1 aromatic carbocycles. The molecule has 1 N–H and O–H groups in total. The fourth-order valence-corrected chi connectivity index (χ4v) is 3.16. The first kappa shape index (κ1) is 19.2. The number of rotatable bonds is 4. The van der Waals surface area contributed by atoms with Gasteiger partial charge >= 0.3 is 6.18 Å². The van der Waals surface area contributed by atoms with Crippen molar-refractivity contribution < 1.29 is 13.2 Å². The Balaban J connectivity index is 1.54. The maximum absolute atomic E-state index is 13.3. The molecule has 1 fully saturated rings. The number of halogens is 3. The highest BCUT2D eigenvalue weighted by Crippen LogP contribution is 2.33. The smallest absolute Gasteiger partial charge is 0.369 e. The lowest BCUT2D eigenvalue weighted by molar-refractivity contribution is -0.137. The van der Waals surface area contributed by atoms with E-state index in [1.807, 2.05) is 24.3 Å². The van der Waals surface area contributed by atoms with E-state index in [0.29, 0.717) is 5.69 Å². The Bertz CT molecular complexity index is 947. The van der Waals surface area contributed by atoms with Crippen LogP contribution >= 0.6 is 0 Å². The predicted octanol–water partition coefficient (Wildman–Crippen LogP) is 3.18. The van der Waals surface area contributed by atoms with Crippen molar-refractivity contribution in [3.63, 3.8) is 0 Å². The minimum atomic E-state index is -4.57. The first-order valence-electron chi connectivity index (χ1n) is 9.13. The SMILES string of the molecule is CN1CCN(c2ccc(Nc3ncc(C(F)(F)F)c(-n4ccnc4)n3)cc2)CC1.